The van der Waals surface area contributed by atoms with Crippen LogP contribution in [0.3, 0.4) is 0 Å². The fourth-order valence-electron chi connectivity index (χ4n) is 2.75. The summed E-state index contributed by atoms with van der Waals surface area (Å²) in [5.41, 5.74) is 0. The maximum absolute atomic E-state index is 12.5. The number of hydrogen-bond acceptors (Lipinski definition) is 3. The van der Waals surface area contributed by atoms with Gasteiger partial charge in [-0.25, -0.2) is 0 Å². The van der Waals surface area contributed by atoms with Gasteiger partial charge in [0.25, 0.3) is 10.2 Å². The highest BCUT2D eigenvalue weighted by atomic mass is 35.5. The number of nitrogens with zero attached hydrogens (tertiary/aromatic N) is 2. The lowest BCUT2D eigenvalue weighted by Gasteiger charge is -2.37. The summed E-state index contributed by atoms with van der Waals surface area (Å²) in [6, 6.07) is 0.470. The maximum atomic E-state index is 12.5. The van der Waals surface area contributed by atoms with E-state index in [0.717, 1.165) is 25.7 Å². The number of rotatable bonds is 3. The molecule has 0 radical (unpaired) electrons. The lowest BCUT2D eigenvalue weighted by Crippen LogP contribution is -2.51. The maximum Gasteiger partial charge on any atom is 0.281 e. The number of nitrogens with one attached hydrogen (secondary N) is 1. The van der Waals surface area contributed by atoms with Crippen LogP contribution in [0.4, 0.5) is 0 Å². The molecular formula is C12H26ClN3O2S. The van der Waals surface area contributed by atoms with Gasteiger partial charge in [0.15, 0.2) is 0 Å². The highest BCUT2D eigenvalue weighted by Crippen LogP contribution is 2.22. The van der Waals surface area contributed by atoms with Gasteiger partial charge in [-0.1, -0.05) is 6.92 Å². The molecule has 0 aliphatic carbocycles. The van der Waals surface area contributed by atoms with E-state index in [9.17, 15) is 8.42 Å². The van der Waals surface area contributed by atoms with Crippen molar-refractivity contribution in [3.63, 3.8) is 0 Å². The second-order valence-corrected chi connectivity index (χ2v) is 7.48. The fraction of sp³-hybridized carbons (Fsp3) is 1.00. The molecule has 1 N–H and O–H groups in total. The molecule has 0 aromatic rings. The first-order valence-corrected chi connectivity index (χ1v) is 8.36. The highest BCUT2D eigenvalue weighted by Gasteiger charge is 2.34. The Kier molecular flexibility index (Phi) is 6.53. The minimum Gasteiger partial charge on any atom is -0.317 e. The Hall–Kier alpha value is 0.120. The van der Waals surface area contributed by atoms with E-state index in [4.69, 9.17) is 0 Å². The standard InChI is InChI=1S/C12H25N3O2S.ClH/c1-11-3-7-14(8-4-11)18(16,17)15-9-5-12(13-2)6-10-15;/h11-13H,3-10H2,1-2H3;1H. The fourth-order valence-corrected chi connectivity index (χ4v) is 4.43. The van der Waals surface area contributed by atoms with Crippen molar-refractivity contribution in [1.29, 1.82) is 0 Å². The van der Waals surface area contributed by atoms with E-state index in [-0.39, 0.29) is 12.4 Å². The number of piperidine rings is 2. The minimum atomic E-state index is -3.20. The van der Waals surface area contributed by atoms with Gasteiger partial charge < -0.3 is 5.32 Å². The van der Waals surface area contributed by atoms with Gasteiger partial charge in [-0.3, -0.25) is 0 Å². The van der Waals surface area contributed by atoms with Crippen LogP contribution >= 0.6 is 12.4 Å². The van der Waals surface area contributed by atoms with Crippen LogP contribution in [0.5, 0.6) is 0 Å². The summed E-state index contributed by atoms with van der Waals surface area (Å²) in [5.74, 6) is 0.659. The molecule has 114 valence electrons. The molecule has 2 heterocycles. The normalized spacial score (nSPS) is 25.2. The van der Waals surface area contributed by atoms with E-state index in [1.807, 2.05) is 7.05 Å². The van der Waals surface area contributed by atoms with Crippen LogP contribution in [0.25, 0.3) is 0 Å². The molecule has 0 aromatic heterocycles. The molecule has 0 saturated carbocycles. The molecule has 2 saturated heterocycles. The minimum absolute atomic E-state index is 0. The molecule has 5 nitrogen and oxygen atoms in total. The van der Waals surface area contributed by atoms with E-state index in [1.165, 1.54) is 0 Å². The van der Waals surface area contributed by atoms with Crippen molar-refractivity contribution < 1.29 is 8.42 Å². The molecule has 0 unspecified atom stereocenters. The van der Waals surface area contributed by atoms with Gasteiger partial charge in [-0.2, -0.15) is 17.0 Å². The molecular weight excluding hydrogens is 286 g/mol. The molecule has 2 rings (SSSR count). The zero-order valence-corrected chi connectivity index (χ0v) is 13.5. The largest absolute Gasteiger partial charge is 0.317 e. The van der Waals surface area contributed by atoms with Crippen molar-refractivity contribution in [1.82, 2.24) is 13.9 Å². The first-order chi connectivity index (χ1) is 8.54. The van der Waals surface area contributed by atoms with Crippen LogP contribution in [-0.4, -0.2) is 56.3 Å². The number of hydrogen-bond donors (Lipinski definition) is 1. The predicted octanol–water partition coefficient (Wildman–Crippen LogP) is 1.07. The van der Waals surface area contributed by atoms with Gasteiger partial charge in [-0.05, 0) is 38.6 Å². The third kappa shape index (κ3) is 4.04. The van der Waals surface area contributed by atoms with Crippen LogP contribution < -0.4 is 5.32 Å². The summed E-state index contributed by atoms with van der Waals surface area (Å²) in [5, 5.41) is 3.23. The van der Waals surface area contributed by atoms with Gasteiger partial charge in [-0.15, -0.1) is 12.4 Å². The number of halogens is 1. The Morgan fingerprint density at radius 2 is 1.37 bits per heavy atom. The van der Waals surface area contributed by atoms with Gasteiger partial charge >= 0.3 is 0 Å². The monoisotopic (exact) mass is 311 g/mol. The van der Waals surface area contributed by atoms with Crippen LogP contribution in [-0.2, 0) is 10.2 Å². The van der Waals surface area contributed by atoms with Crippen molar-refractivity contribution in [2.75, 3.05) is 33.2 Å². The quantitative estimate of drug-likeness (QED) is 0.848. The zero-order chi connectivity index (χ0) is 13.2. The zero-order valence-electron chi connectivity index (χ0n) is 11.8. The average Bonchev–Trinajstić information content (AvgIpc) is 2.39. The van der Waals surface area contributed by atoms with Crippen molar-refractivity contribution in [2.24, 2.45) is 5.92 Å². The summed E-state index contributed by atoms with van der Waals surface area (Å²) in [6.07, 6.45) is 3.82. The van der Waals surface area contributed by atoms with E-state index in [0.29, 0.717) is 38.1 Å². The Morgan fingerprint density at radius 1 is 0.947 bits per heavy atom. The molecule has 0 aromatic carbocycles. The molecule has 2 aliphatic heterocycles. The van der Waals surface area contributed by atoms with Crippen LogP contribution in [0, 0.1) is 5.92 Å². The van der Waals surface area contributed by atoms with E-state index < -0.39 is 10.2 Å². The molecule has 7 heteroatoms. The summed E-state index contributed by atoms with van der Waals surface area (Å²) >= 11 is 0. The van der Waals surface area contributed by atoms with Crippen LogP contribution in [0.1, 0.15) is 32.6 Å². The van der Waals surface area contributed by atoms with Crippen molar-refractivity contribution >= 4 is 22.6 Å². The summed E-state index contributed by atoms with van der Waals surface area (Å²) < 4.78 is 28.3. The highest BCUT2D eigenvalue weighted by molar-refractivity contribution is 7.86. The van der Waals surface area contributed by atoms with Crippen molar-refractivity contribution in [3.05, 3.63) is 0 Å². The van der Waals surface area contributed by atoms with E-state index in [2.05, 4.69) is 12.2 Å². The van der Waals surface area contributed by atoms with Crippen molar-refractivity contribution in [3.8, 4) is 0 Å². The molecule has 0 amide bonds. The molecule has 2 aliphatic rings. The lowest BCUT2D eigenvalue weighted by molar-refractivity contribution is 0.242. The first-order valence-electron chi connectivity index (χ1n) is 6.96. The topological polar surface area (TPSA) is 52.7 Å². The van der Waals surface area contributed by atoms with Gasteiger partial charge in [0.1, 0.15) is 0 Å². The smallest absolute Gasteiger partial charge is 0.281 e. The van der Waals surface area contributed by atoms with E-state index >= 15 is 0 Å². The molecule has 0 atom stereocenters. The third-order valence-corrected chi connectivity index (χ3v) is 6.29. The summed E-state index contributed by atoms with van der Waals surface area (Å²) in [6.45, 7) is 4.88. The Balaban J connectivity index is 0.00000180. The lowest BCUT2D eigenvalue weighted by atomic mass is 10.0. The summed E-state index contributed by atoms with van der Waals surface area (Å²) in [7, 11) is -1.26. The Morgan fingerprint density at radius 3 is 1.79 bits per heavy atom. The predicted molar refractivity (Wildman–Crippen MR) is 79.8 cm³/mol. The van der Waals surface area contributed by atoms with Crippen LogP contribution in [0.2, 0.25) is 0 Å². The molecule has 0 spiro atoms. The molecule has 0 bridgehead atoms. The summed E-state index contributed by atoms with van der Waals surface area (Å²) in [4.78, 5) is 0. The Labute approximate surface area is 123 Å². The molecule has 19 heavy (non-hydrogen) atoms. The SMILES string of the molecule is CNC1CCN(S(=O)(=O)N2CCC(C)CC2)CC1.Cl. The van der Waals surface area contributed by atoms with E-state index in [1.54, 1.807) is 8.61 Å². The second-order valence-electron chi connectivity index (χ2n) is 5.55. The van der Waals surface area contributed by atoms with Gasteiger partial charge in [0.05, 0.1) is 0 Å². The average molecular weight is 312 g/mol. The second kappa shape index (κ2) is 7.22. The Bertz CT molecular complexity index is 361. The van der Waals surface area contributed by atoms with Crippen molar-refractivity contribution in [2.45, 2.75) is 38.6 Å². The van der Waals surface area contributed by atoms with Crippen LogP contribution in [0.15, 0.2) is 0 Å². The third-order valence-electron chi connectivity index (χ3n) is 4.26. The van der Waals surface area contributed by atoms with Gasteiger partial charge in [0, 0.05) is 32.2 Å². The van der Waals surface area contributed by atoms with Gasteiger partial charge in [0.2, 0.25) is 0 Å². The molecule has 2 fully saturated rings. The first kappa shape index (κ1) is 17.2.